The van der Waals surface area contributed by atoms with Gasteiger partial charge in [0.25, 0.3) is 0 Å². The molecule has 0 saturated heterocycles. The maximum absolute atomic E-state index is 13.4. The van der Waals surface area contributed by atoms with Crippen LogP contribution in [0.25, 0.3) is 21.8 Å². The number of fused-ring (bicyclic) bond motifs is 2. The molecule has 0 radical (unpaired) electrons. The number of hydrogen-bond acceptors (Lipinski definition) is 5. The van der Waals surface area contributed by atoms with Crippen molar-refractivity contribution in [1.29, 1.82) is 0 Å². The van der Waals surface area contributed by atoms with Gasteiger partial charge in [-0.3, -0.25) is 9.13 Å². The predicted octanol–water partition coefficient (Wildman–Crippen LogP) is 4.15. The Hall–Kier alpha value is -3.61. The zero-order valence-corrected chi connectivity index (χ0v) is 16.1. The molecule has 0 atom stereocenters. The molecule has 7 nitrogen and oxygen atoms in total. The number of benzene rings is 2. The van der Waals surface area contributed by atoms with Crippen molar-refractivity contribution in [2.45, 2.75) is 0 Å². The van der Waals surface area contributed by atoms with Crippen LogP contribution < -0.4 is 18.9 Å². The quantitative estimate of drug-likeness (QED) is 0.532. The Morgan fingerprint density at radius 3 is 1.46 bits per heavy atom. The summed E-state index contributed by atoms with van der Waals surface area (Å²) in [7, 11) is 6.33. The summed E-state index contributed by atoms with van der Waals surface area (Å²) in [5.41, 5.74) is 1.39. The first-order valence-corrected chi connectivity index (χ1v) is 8.62. The molecule has 28 heavy (non-hydrogen) atoms. The molecule has 0 unspecified atom stereocenters. The summed E-state index contributed by atoms with van der Waals surface area (Å²) in [6.45, 7) is 0. The van der Waals surface area contributed by atoms with Crippen LogP contribution in [0.4, 0.5) is 4.79 Å². The van der Waals surface area contributed by atoms with E-state index in [1.165, 1.54) is 0 Å². The second kappa shape index (κ2) is 6.84. The Balaban J connectivity index is 1.91. The van der Waals surface area contributed by atoms with Gasteiger partial charge in [0.1, 0.15) is 23.0 Å². The van der Waals surface area contributed by atoms with Crippen LogP contribution in [-0.4, -0.2) is 43.6 Å². The Bertz CT molecular complexity index is 1100. The molecule has 0 saturated carbocycles. The standard InChI is InChI=1S/C21H20N2O5/c1-25-13-9-17-15(19(11-13)27-3)5-7-22(17)21(24)23-8-6-16-18(23)10-14(26-2)12-20(16)28-4/h5-12H,1-4H3. The molecular formula is C21H20N2O5. The maximum Gasteiger partial charge on any atom is 0.337 e. The molecule has 0 aliphatic heterocycles. The van der Waals surface area contributed by atoms with E-state index in [4.69, 9.17) is 18.9 Å². The minimum atomic E-state index is -0.240. The summed E-state index contributed by atoms with van der Waals surface area (Å²) in [6, 6.07) is 10.6. The fourth-order valence-electron chi connectivity index (χ4n) is 3.39. The predicted molar refractivity (Wildman–Crippen MR) is 106 cm³/mol. The van der Waals surface area contributed by atoms with Gasteiger partial charge in [0.2, 0.25) is 0 Å². The topological polar surface area (TPSA) is 63.9 Å². The van der Waals surface area contributed by atoms with Gasteiger partial charge in [-0.25, -0.2) is 4.79 Å². The lowest BCUT2D eigenvalue weighted by molar-refractivity contribution is 0.245. The van der Waals surface area contributed by atoms with Gasteiger partial charge >= 0.3 is 6.03 Å². The highest BCUT2D eigenvalue weighted by Crippen LogP contribution is 2.34. The molecule has 0 N–H and O–H groups in total. The molecule has 0 aliphatic rings. The first-order valence-electron chi connectivity index (χ1n) is 8.62. The Kier molecular flexibility index (Phi) is 4.35. The first-order chi connectivity index (χ1) is 13.6. The van der Waals surface area contributed by atoms with Crippen molar-refractivity contribution in [2.75, 3.05) is 28.4 Å². The molecule has 2 aromatic heterocycles. The average molecular weight is 380 g/mol. The SMILES string of the molecule is COc1cc(OC)c2ccn(C(=O)n3ccc4c(OC)cc(OC)cc43)c2c1. The summed E-state index contributed by atoms with van der Waals surface area (Å²) < 4.78 is 24.7. The van der Waals surface area contributed by atoms with Crippen LogP contribution in [0.1, 0.15) is 0 Å². The van der Waals surface area contributed by atoms with E-state index in [1.54, 1.807) is 62.1 Å². The molecule has 144 valence electrons. The van der Waals surface area contributed by atoms with Crippen molar-refractivity contribution in [1.82, 2.24) is 9.13 Å². The van der Waals surface area contributed by atoms with Gasteiger partial charge < -0.3 is 18.9 Å². The van der Waals surface area contributed by atoms with Gasteiger partial charge in [-0.15, -0.1) is 0 Å². The average Bonchev–Trinajstić information content (AvgIpc) is 3.35. The van der Waals surface area contributed by atoms with Crippen LogP contribution in [-0.2, 0) is 0 Å². The zero-order chi connectivity index (χ0) is 19.8. The molecule has 0 fully saturated rings. The van der Waals surface area contributed by atoms with Crippen LogP contribution in [0.15, 0.2) is 48.8 Å². The highest BCUT2D eigenvalue weighted by molar-refractivity contribution is 6.01. The summed E-state index contributed by atoms with van der Waals surface area (Å²) >= 11 is 0. The van der Waals surface area contributed by atoms with Crippen molar-refractivity contribution >= 4 is 27.8 Å². The number of methoxy groups -OCH3 is 4. The number of carbonyl (C=O) groups is 1. The summed E-state index contributed by atoms with van der Waals surface area (Å²) in [5, 5.41) is 1.64. The Morgan fingerprint density at radius 1 is 0.679 bits per heavy atom. The van der Waals surface area contributed by atoms with Crippen molar-refractivity contribution in [2.24, 2.45) is 0 Å². The van der Waals surface area contributed by atoms with Gasteiger partial charge in [-0.05, 0) is 12.1 Å². The minimum Gasteiger partial charge on any atom is -0.497 e. The third kappa shape index (κ3) is 2.63. The lowest BCUT2D eigenvalue weighted by Crippen LogP contribution is -2.17. The van der Waals surface area contributed by atoms with E-state index < -0.39 is 0 Å². The normalized spacial score (nSPS) is 11.0. The monoisotopic (exact) mass is 380 g/mol. The fourth-order valence-corrected chi connectivity index (χ4v) is 3.39. The van der Waals surface area contributed by atoms with E-state index in [-0.39, 0.29) is 6.03 Å². The van der Waals surface area contributed by atoms with E-state index in [0.717, 1.165) is 10.8 Å². The zero-order valence-electron chi connectivity index (χ0n) is 16.1. The van der Waals surface area contributed by atoms with Crippen molar-refractivity contribution in [3.8, 4) is 23.0 Å². The molecule has 0 bridgehead atoms. The van der Waals surface area contributed by atoms with Gasteiger partial charge in [0.05, 0.1) is 39.5 Å². The minimum absolute atomic E-state index is 0.240. The molecular weight excluding hydrogens is 360 g/mol. The third-order valence-electron chi connectivity index (χ3n) is 4.81. The van der Waals surface area contributed by atoms with Gasteiger partial charge in [-0.1, -0.05) is 0 Å². The van der Waals surface area contributed by atoms with Crippen molar-refractivity contribution in [3.05, 3.63) is 48.8 Å². The van der Waals surface area contributed by atoms with E-state index in [9.17, 15) is 4.79 Å². The second-order valence-corrected chi connectivity index (χ2v) is 6.18. The van der Waals surface area contributed by atoms with Crippen molar-refractivity contribution in [3.63, 3.8) is 0 Å². The lowest BCUT2D eigenvalue weighted by Gasteiger charge is -2.11. The molecule has 4 aromatic rings. The molecule has 0 spiro atoms. The van der Waals surface area contributed by atoms with Gasteiger partial charge in [0.15, 0.2) is 0 Å². The lowest BCUT2D eigenvalue weighted by atomic mass is 10.2. The number of carbonyl (C=O) groups excluding carboxylic acids is 1. The molecule has 0 aliphatic carbocycles. The van der Waals surface area contributed by atoms with Gasteiger partial charge in [0, 0.05) is 47.4 Å². The van der Waals surface area contributed by atoms with E-state index in [1.807, 2.05) is 24.3 Å². The van der Waals surface area contributed by atoms with Crippen LogP contribution in [0.3, 0.4) is 0 Å². The van der Waals surface area contributed by atoms with Crippen LogP contribution in [0.2, 0.25) is 0 Å². The molecule has 4 rings (SSSR count). The highest BCUT2D eigenvalue weighted by Gasteiger charge is 2.18. The number of hydrogen-bond donors (Lipinski definition) is 0. The van der Waals surface area contributed by atoms with Crippen molar-refractivity contribution < 1.29 is 23.7 Å². The van der Waals surface area contributed by atoms with Crippen LogP contribution >= 0.6 is 0 Å². The number of rotatable bonds is 4. The summed E-state index contributed by atoms with van der Waals surface area (Å²) in [6.07, 6.45) is 3.44. The third-order valence-corrected chi connectivity index (χ3v) is 4.81. The highest BCUT2D eigenvalue weighted by atomic mass is 16.5. The first kappa shape index (κ1) is 17.8. The Labute approximate surface area is 161 Å². The number of nitrogens with zero attached hydrogens (tertiary/aromatic N) is 2. The second-order valence-electron chi connectivity index (χ2n) is 6.18. The molecule has 2 aromatic carbocycles. The Morgan fingerprint density at radius 2 is 1.11 bits per heavy atom. The molecule has 0 amide bonds. The largest absolute Gasteiger partial charge is 0.497 e. The number of aromatic nitrogens is 2. The van der Waals surface area contributed by atoms with Crippen LogP contribution in [0.5, 0.6) is 23.0 Å². The molecule has 2 heterocycles. The molecule has 7 heteroatoms. The van der Waals surface area contributed by atoms with E-state index >= 15 is 0 Å². The number of ether oxygens (including phenoxy) is 4. The maximum atomic E-state index is 13.4. The smallest absolute Gasteiger partial charge is 0.337 e. The fraction of sp³-hybridized carbons (Fsp3) is 0.190. The summed E-state index contributed by atoms with van der Waals surface area (Å²) in [5.74, 6) is 2.50. The van der Waals surface area contributed by atoms with E-state index in [0.29, 0.717) is 34.0 Å². The summed E-state index contributed by atoms with van der Waals surface area (Å²) in [4.78, 5) is 13.4. The van der Waals surface area contributed by atoms with Gasteiger partial charge in [-0.2, -0.15) is 0 Å². The van der Waals surface area contributed by atoms with E-state index in [2.05, 4.69) is 0 Å². The van der Waals surface area contributed by atoms with Crippen LogP contribution in [0, 0.1) is 0 Å².